The number of ether oxygens (including phenoxy) is 1. The van der Waals surface area contributed by atoms with E-state index in [4.69, 9.17) is 4.74 Å². The van der Waals surface area contributed by atoms with E-state index in [0.717, 1.165) is 54.4 Å². The van der Waals surface area contributed by atoms with E-state index in [1.54, 1.807) is 4.90 Å². The molecule has 1 saturated heterocycles. The van der Waals surface area contributed by atoms with Gasteiger partial charge >= 0.3 is 6.18 Å². The number of anilines is 1. The molecule has 2 aromatic rings. The van der Waals surface area contributed by atoms with Gasteiger partial charge < -0.3 is 15.0 Å². The summed E-state index contributed by atoms with van der Waals surface area (Å²) in [4.78, 5) is 16.8. The molecule has 5 nitrogen and oxygen atoms in total. The van der Waals surface area contributed by atoms with Crippen LogP contribution in [-0.4, -0.2) is 48.2 Å². The molecule has 168 valence electrons. The van der Waals surface area contributed by atoms with Crippen molar-refractivity contribution in [3.05, 3.63) is 24.4 Å². The van der Waals surface area contributed by atoms with E-state index in [-0.39, 0.29) is 11.8 Å². The number of benzene rings is 1. The van der Waals surface area contributed by atoms with E-state index in [1.165, 1.54) is 0 Å². The minimum absolute atomic E-state index is 0.0767. The second-order valence-corrected chi connectivity index (χ2v) is 9.48. The molecular weight excluding hydrogens is 407 g/mol. The highest BCUT2D eigenvalue weighted by atomic mass is 19.4. The van der Waals surface area contributed by atoms with E-state index >= 15 is 0 Å². The van der Waals surface area contributed by atoms with E-state index in [9.17, 15) is 18.0 Å². The van der Waals surface area contributed by atoms with Crippen molar-refractivity contribution in [2.24, 2.45) is 23.7 Å². The summed E-state index contributed by atoms with van der Waals surface area (Å²) in [5.41, 5.74) is 1.73. The van der Waals surface area contributed by atoms with Gasteiger partial charge in [-0.2, -0.15) is 13.2 Å². The zero-order valence-corrected chi connectivity index (χ0v) is 17.4. The monoisotopic (exact) mass is 435 g/mol. The Kier molecular flexibility index (Phi) is 5.36. The van der Waals surface area contributed by atoms with Crippen molar-refractivity contribution >= 4 is 22.5 Å². The summed E-state index contributed by atoms with van der Waals surface area (Å²) in [6, 6.07) is 5.82. The lowest BCUT2D eigenvalue weighted by molar-refractivity contribution is -0.144. The second kappa shape index (κ2) is 8.04. The molecule has 2 heterocycles. The molecule has 31 heavy (non-hydrogen) atoms. The van der Waals surface area contributed by atoms with Gasteiger partial charge in [-0.1, -0.05) is 0 Å². The lowest BCUT2D eigenvalue weighted by atomic mass is 10.0. The van der Waals surface area contributed by atoms with Crippen LogP contribution in [0.2, 0.25) is 0 Å². The van der Waals surface area contributed by atoms with Gasteiger partial charge in [0.2, 0.25) is 5.91 Å². The molecule has 1 aliphatic heterocycles. The van der Waals surface area contributed by atoms with Gasteiger partial charge in [-0.3, -0.25) is 9.69 Å². The molecule has 2 aliphatic carbocycles. The first kappa shape index (κ1) is 20.7. The summed E-state index contributed by atoms with van der Waals surface area (Å²) in [5.74, 6) is 2.29. The quantitative estimate of drug-likeness (QED) is 0.657. The van der Waals surface area contributed by atoms with Crippen molar-refractivity contribution in [2.45, 2.75) is 38.3 Å². The van der Waals surface area contributed by atoms with Gasteiger partial charge in [0.25, 0.3) is 0 Å². The lowest BCUT2D eigenvalue weighted by Crippen LogP contribution is -2.33. The Morgan fingerprint density at radius 3 is 2.61 bits per heavy atom. The van der Waals surface area contributed by atoms with Crippen LogP contribution in [0, 0.1) is 23.7 Å². The largest absolute Gasteiger partial charge is 0.494 e. The van der Waals surface area contributed by atoms with E-state index in [1.807, 2.05) is 24.4 Å². The standard InChI is InChI=1S/C23H28F3N3O2/c24-23(25,26)13-29-11-16-7-14(8-17(16)12-29)5-6-31-18-3-4-20-19(9-18)21(10-27-20)28-22(30)15-1-2-15/h3-4,9-10,14-17,27H,1-2,5-8,11-13H2,(H,28,30)/t14-,16-,17+. The molecule has 1 aromatic heterocycles. The minimum atomic E-state index is -4.10. The third kappa shape index (κ3) is 4.84. The van der Waals surface area contributed by atoms with Gasteiger partial charge in [0, 0.05) is 36.1 Å². The van der Waals surface area contributed by atoms with E-state index in [0.29, 0.717) is 37.5 Å². The second-order valence-electron chi connectivity index (χ2n) is 9.48. The Balaban J connectivity index is 1.11. The zero-order valence-electron chi connectivity index (χ0n) is 17.4. The third-order valence-electron chi connectivity index (χ3n) is 6.98. The van der Waals surface area contributed by atoms with Crippen LogP contribution in [0.25, 0.3) is 10.9 Å². The van der Waals surface area contributed by atoms with Crippen LogP contribution in [0.3, 0.4) is 0 Å². The summed E-state index contributed by atoms with van der Waals surface area (Å²) in [5, 5.41) is 3.93. The van der Waals surface area contributed by atoms with Crippen LogP contribution in [0.1, 0.15) is 32.1 Å². The van der Waals surface area contributed by atoms with Crippen molar-refractivity contribution in [3.8, 4) is 5.75 Å². The summed E-state index contributed by atoms with van der Waals surface area (Å²) in [6.07, 6.45) is 2.55. The summed E-state index contributed by atoms with van der Waals surface area (Å²) < 4.78 is 43.8. The third-order valence-corrected chi connectivity index (χ3v) is 6.98. The smallest absolute Gasteiger partial charge is 0.401 e. The number of hydrogen-bond acceptors (Lipinski definition) is 3. The predicted octanol–water partition coefficient (Wildman–Crippen LogP) is 4.81. The SMILES string of the molecule is O=C(Nc1c[nH]c2ccc(OCC[C@@H]3C[C@@H]4CN(CC(F)(F)F)C[C@@H]4C3)cc12)C1CC1. The molecule has 3 fully saturated rings. The number of nitrogens with one attached hydrogen (secondary N) is 2. The predicted molar refractivity (Wildman–Crippen MR) is 112 cm³/mol. The average molecular weight is 435 g/mol. The Hall–Kier alpha value is -2.22. The number of fused-ring (bicyclic) bond motifs is 2. The molecule has 5 rings (SSSR count). The van der Waals surface area contributed by atoms with Crippen molar-refractivity contribution in [1.29, 1.82) is 0 Å². The van der Waals surface area contributed by atoms with Crippen LogP contribution >= 0.6 is 0 Å². The Labute approximate surface area is 179 Å². The summed E-state index contributed by atoms with van der Waals surface area (Å²) in [6.45, 7) is 0.955. The molecule has 0 bridgehead atoms. The Morgan fingerprint density at radius 1 is 1.19 bits per heavy atom. The Morgan fingerprint density at radius 2 is 1.94 bits per heavy atom. The van der Waals surface area contributed by atoms with Gasteiger partial charge in [0.15, 0.2) is 0 Å². The van der Waals surface area contributed by atoms with Gasteiger partial charge in [-0.25, -0.2) is 0 Å². The van der Waals surface area contributed by atoms with E-state index < -0.39 is 12.7 Å². The van der Waals surface area contributed by atoms with Gasteiger partial charge in [-0.15, -0.1) is 0 Å². The number of amides is 1. The van der Waals surface area contributed by atoms with Gasteiger partial charge in [0.05, 0.1) is 18.8 Å². The Bertz CT molecular complexity index is 939. The maximum Gasteiger partial charge on any atom is 0.401 e. The van der Waals surface area contributed by atoms with Gasteiger partial charge in [-0.05, 0) is 68.1 Å². The molecule has 0 unspecified atom stereocenters. The molecule has 1 aromatic carbocycles. The highest BCUT2D eigenvalue weighted by Gasteiger charge is 2.43. The topological polar surface area (TPSA) is 57.4 Å². The average Bonchev–Trinajstić information content (AvgIpc) is 3.25. The van der Waals surface area contributed by atoms with Crippen LogP contribution in [0.5, 0.6) is 5.75 Å². The first-order valence-electron chi connectivity index (χ1n) is 11.2. The van der Waals surface area contributed by atoms with Crippen molar-refractivity contribution in [1.82, 2.24) is 9.88 Å². The number of hydrogen-bond donors (Lipinski definition) is 2. The number of aromatic amines is 1. The maximum absolute atomic E-state index is 12.6. The van der Waals surface area contributed by atoms with Crippen LogP contribution in [0.15, 0.2) is 24.4 Å². The van der Waals surface area contributed by atoms with Crippen molar-refractivity contribution in [3.63, 3.8) is 0 Å². The number of halogens is 3. The van der Waals surface area contributed by atoms with Gasteiger partial charge in [0.1, 0.15) is 5.75 Å². The van der Waals surface area contributed by atoms with Crippen molar-refractivity contribution in [2.75, 3.05) is 31.6 Å². The normalized spacial score (nSPS) is 26.4. The van der Waals surface area contributed by atoms with Crippen LogP contribution < -0.4 is 10.1 Å². The van der Waals surface area contributed by atoms with E-state index in [2.05, 4.69) is 10.3 Å². The van der Waals surface area contributed by atoms with Crippen LogP contribution in [0.4, 0.5) is 18.9 Å². The fraction of sp³-hybridized carbons (Fsp3) is 0.609. The molecule has 0 spiro atoms. The molecule has 3 aliphatic rings. The number of likely N-dealkylation sites (tertiary alicyclic amines) is 1. The van der Waals surface area contributed by atoms with Crippen LogP contribution in [-0.2, 0) is 4.79 Å². The zero-order chi connectivity index (χ0) is 21.6. The minimum Gasteiger partial charge on any atom is -0.494 e. The number of nitrogens with zero attached hydrogens (tertiary/aromatic N) is 1. The molecule has 2 N–H and O–H groups in total. The molecule has 8 heteroatoms. The maximum atomic E-state index is 12.6. The fourth-order valence-electron chi connectivity index (χ4n) is 5.36. The molecule has 0 radical (unpaired) electrons. The number of rotatable bonds is 7. The molecule has 2 saturated carbocycles. The first-order valence-corrected chi connectivity index (χ1v) is 11.2. The molecule has 3 atom stereocenters. The first-order chi connectivity index (χ1) is 14.8. The molecular formula is C23H28F3N3O2. The summed E-state index contributed by atoms with van der Waals surface area (Å²) in [7, 11) is 0. The number of carbonyl (C=O) groups excluding carboxylic acids is 1. The highest BCUT2D eigenvalue weighted by molar-refractivity contribution is 6.03. The number of aromatic nitrogens is 1. The fourth-order valence-corrected chi connectivity index (χ4v) is 5.36. The lowest BCUT2D eigenvalue weighted by Gasteiger charge is -2.20. The summed E-state index contributed by atoms with van der Waals surface area (Å²) >= 11 is 0. The highest BCUT2D eigenvalue weighted by Crippen LogP contribution is 2.43. The van der Waals surface area contributed by atoms with Crippen molar-refractivity contribution < 1.29 is 22.7 Å². The number of alkyl halides is 3. The molecule has 1 amide bonds. The number of H-pyrrole nitrogens is 1. The number of carbonyl (C=O) groups is 1.